The number of nitrogens with zero attached hydrogens (tertiary/aromatic N) is 4. The van der Waals surface area contributed by atoms with E-state index in [0.29, 0.717) is 41.7 Å². The fourth-order valence-electron chi connectivity index (χ4n) is 5.51. The first kappa shape index (κ1) is 26.8. The molecule has 1 amide bonds. The Hall–Kier alpha value is -3.82. The average Bonchev–Trinajstić information content (AvgIpc) is 3.66. The first-order valence-electron chi connectivity index (χ1n) is 13.2. The second kappa shape index (κ2) is 11.1. The maximum atomic E-state index is 13.7. The van der Waals surface area contributed by atoms with E-state index in [1.807, 2.05) is 43.6 Å². The number of hydrogen-bond donors (Lipinski definition) is 2. The number of carbonyl (C=O) groups is 1. The monoisotopic (exact) mass is 530 g/mol. The quantitative estimate of drug-likeness (QED) is 0.379. The molecular weight excluding hydrogens is 495 g/mol. The molecule has 1 aliphatic carbocycles. The predicted octanol–water partition coefficient (Wildman–Crippen LogP) is 5.03. The zero-order valence-corrected chi connectivity index (χ0v) is 22.9. The van der Waals surface area contributed by atoms with E-state index < -0.39 is 0 Å². The van der Waals surface area contributed by atoms with Crippen LogP contribution in [-0.4, -0.2) is 59.8 Å². The molecule has 1 aliphatic heterocycles. The van der Waals surface area contributed by atoms with E-state index in [-0.39, 0.29) is 17.8 Å². The number of benzene rings is 1. The second-order valence-electron chi connectivity index (χ2n) is 10.4. The molecule has 5 rings (SSSR count). The highest BCUT2D eigenvalue weighted by atomic mass is 19.1. The van der Waals surface area contributed by atoms with Gasteiger partial charge >= 0.3 is 0 Å². The number of imidazole rings is 1. The summed E-state index contributed by atoms with van der Waals surface area (Å²) in [7, 11) is 5.80. The van der Waals surface area contributed by atoms with Crippen molar-refractivity contribution in [3.8, 4) is 11.3 Å². The van der Waals surface area contributed by atoms with Crippen LogP contribution in [0, 0.1) is 11.7 Å². The van der Waals surface area contributed by atoms with E-state index >= 15 is 0 Å². The Morgan fingerprint density at radius 1 is 1.36 bits per heavy atom. The Balaban J connectivity index is 1.47. The standard InChI is InChI=1S/C30H35FN6O2/c1-6-27(35-25(17-36(3)4)18(2)19-7-8-21(13-19)39-5)34-24-10-9-22(23-15-33-30(38)29(23)24)26-16-32-28-14-20(31)11-12-37(26)28/h6,9-12,14,16,19,21,34H,2,7-8,13,15,17H2,1,3-5H3,(H,33,38)/b27-6-,35-25-/t19-,21-/m0/s1. The first-order chi connectivity index (χ1) is 18.8. The number of ether oxygens (including phenoxy) is 1. The van der Waals surface area contributed by atoms with Crippen molar-refractivity contribution in [3.63, 3.8) is 0 Å². The number of aromatic nitrogens is 2. The van der Waals surface area contributed by atoms with Crippen LogP contribution in [0.2, 0.25) is 0 Å². The summed E-state index contributed by atoms with van der Waals surface area (Å²) >= 11 is 0. The van der Waals surface area contributed by atoms with Gasteiger partial charge < -0.3 is 20.3 Å². The normalized spacial score (nSPS) is 19.6. The molecule has 8 nitrogen and oxygen atoms in total. The number of fused-ring (bicyclic) bond motifs is 2. The Labute approximate surface area is 228 Å². The third-order valence-corrected chi connectivity index (χ3v) is 7.56. The molecule has 2 aromatic heterocycles. The number of halogens is 1. The topological polar surface area (TPSA) is 83.3 Å². The molecule has 3 aromatic rings. The first-order valence-corrected chi connectivity index (χ1v) is 13.2. The van der Waals surface area contributed by atoms with Gasteiger partial charge in [0.1, 0.15) is 17.3 Å². The Kier molecular flexibility index (Phi) is 7.63. The van der Waals surface area contributed by atoms with Crippen LogP contribution in [0.3, 0.4) is 0 Å². The molecule has 1 saturated carbocycles. The molecule has 2 N–H and O–H groups in total. The number of anilines is 1. The number of methoxy groups -OCH3 is 1. The van der Waals surface area contributed by atoms with Crippen LogP contribution in [0.15, 0.2) is 65.7 Å². The smallest absolute Gasteiger partial charge is 0.254 e. The summed E-state index contributed by atoms with van der Waals surface area (Å²) in [6.45, 7) is 7.40. The Morgan fingerprint density at radius 2 is 2.18 bits per heavy atom. The summed E-state index contributed by atoms with van der Waals surface area (Å²) in [5.74, 6) is 0.487. The summed E-state index contributed by atoms with van der Waals surface area (Å²) in [5, 5.41) is 6.35. The number of rotatable bonds is 9. The third kappa shape index (κ3) is 5.37. The Bertz CT molecular complexity index is 1490. The van der Waals surface area contributed by atoms with Crippen LogP contribution in [0.25, 0.3) is 16.9 Å². The van der Waals surface area contributed by atoms with Crippen molar-refractivity contribution in [1.82, 2.24) is 19.6 Å². The number of nitrogens with one attached hydrogen (secondary N) is 2. The van der Waals surface area contributed by atoms with E-state index in [2.05, 4.69) is 27.1 Å². The van der Waals surface area contributed by atoms with E-state index in [0.717, 1.165) is 47.4 Å². The van der Waals surface area contributed by atoms with Crippen molar-refractivity contribution in [2.24, 2.45) is 10.9 Å². The molecule has 0 saturated heterocycles. The van der Waals surface area contributed by atoms with Gasteiger partial charge in [0.2, 0.25) is 0 Å². The number of amides is 1. The van der Waals surface area contributed by atoms with Gasteiger partial charge in [0.05, 0.1) is 35.0 Å². The van der Waals surface area contributed by atoms with Gasteiger partial charge in [-0.05, 0) is 75.5 Å². The molecule has 0 unspecified atom stereocenters. The van der Waals surface area contributed by atoms with Crippen molar-refractivity contribution in [2.45, 2.75) is 38.8 Å². The minimum Gasteiger partial charge on any atom is -0.381 e. The lowest BCUT2D eigenvalue weighted by molar-refractivity contribution is 0.0966. The van der Waals surface area contributed by atoms with Crippen molar-refractivity contribution < 1.29 is 13.9 Å². The van der Waals surface area contributed by atoms with Gasteiger partial charge in [-0.1, -0.05) is 12.6 Å². The summed E-state index contributed by atoms with van der Waals surface area (Å²) in [6, 6.07) is 6.64. The van der Waals surface area contributed by atoms with E-state index in [4.69, 9.17) is 9.73 Å². The zero-order chi connectivity index (χ0) is 27.7. The van der Waals surface area contributed by atoms with Gasteiger partial charge in [0.15, 0.2) is 0 Å². The molecule has 9 heteroatoms. The molecular formula is C30H35FN6O2. The summed E-state index contributed by atoms with van der Waals surface area (Å²) in [5.41, 5.74) is 6.24. The maximum absolute atomic E-state index is 13.7. The highest BCUT2D eigenvalue weighted by Crippen LogP contribution is 2.36. The van der Waals surface area contributed by atoms with Crippen molar-refractivity contribution in [2.75, 3.05) is 33.1 Å². The highest BCUT2D eigenvalue weighted by molar-refractivity contribution is 6.06. The van der Waals surface area contributed by atoms with Crippen molar-refractivity contribution >= 4 is 23.0 Å². The van der Waals surface area contributed by atoms with Gasteiger partial charge in [-0.25, -0.2) is 14.4 Å². The predicted molar refractivity (Wildman–Crippen MR) is 152 cm³/mol. The fraction of sp³-hybridized carbons (Fsp3) is 0.367. The molecule has 1 aromatic carbocycles. The van der Waals surface area contributed by atoms with Crippen LogP contribution in [0.1, 0.15) is 42.1 Å². The van der Waals surface area contributed by atoms with Gasteiger partial charge in [-0.2, -0.15) is 0 Å². The number of pyridine rings is 1. The second-order valence-corrected chi connectivity index (χ2v) is 10.4. The van der Waals surface area contributed by atoms with Gasteiger partial charge in [-0.3, -0.25) is 9.20 Å². The highest BCUT2D eigenvalue weighted by Gasteiger charge is 2.30. The molecule has 0 bridgehead atoms. The van der Waals surface area contributed by atoms with Gasteiger partial charge in [0.25, 0.3) is 5.91 Å². The molecule has 2 aliphatic rings. The van der Waals surface area contributed by atoms with E-state index in [1.54, 1.807) is 19.5 Å². The minimum absolute atomic E-state index is 0.150. The lowest BCUT2D eigenvalue weighted by Crippen LogP contribution is -2.26. The SMILES string of the molecule is C=C(/C(CN(C)C)=N\C(=C/C)Nc1ccc(-c2cnc3cc(F)ccn23)c2c1C(=O)NC2)[C@H]1CC[C@H](OC)C1. The van der Waals surface area contributed by atoms with E-state index in [9.17, 15) is 9.18 Å². The molecule has 204 valence electrons. The molecule has 1 fully saturated rings. The maximum Gasteiger partial charge on any atom is 0.254 e. The van der Waals surface area contributed by atoms with Crippen LogP contribution in [-0.2, 0) is 11.3 Å². The summed E-state index contributed by atoms with van der Waals surface area (Å²) < 4.78 is 21.1. The number of hydrogen-bond acceptors (Lipinski definition) is 6. The van der Waals surface area contributed by atoms with Crippen LogP contribution < -0.4 is 10.6 Å². The van der Waals surface area contributed by atoms with E-state index in [1.165, 1.54) is 12.1 Å². The summed E-state index contributed by atoms with van der Waals surface area (Å²) in [6.07, 6.45) is 8.54. The van der Waals surface area contributed by atoms with Crippen LogP contribution >= 0.6 is 0 Å². The zero-order valence-electron chi connectivity index (χ0n) is 22.9. The van der Waals surface area contributed by atoms with Gasteiger partial charge in [-0.15, -0.1) is 0 Å². The van der Waals surface area contributed by atoms with Crippen LogP contribution in [0.5, 0.6) is 0 Å². The van der Waals surface area contributed by atoms with Crippen LogP contribution in [0.4, 0.5) is 10.1 Å². The molecule has 3 heterocycles. The minimum atomic E-state index is -0.344. The number of aliphatic imine (C=N–C) groups is 1. The van der Waals surface area contributed by atoms with Crippen molar-refractivity contribution in [1.29, 1.82) is 0 Å². The fourth-order valence-corrected chi connectivity index (χ4v) is 5.51. The number of allylic oxidation sites excluding steroid dienone is 1. The molecule has 2 atom stereocenters. The summed E-state index contributed by atoms with van der Waals surface area (Å²) in [4.78, 5) is 24.4. The third-order valence-electron chi connectivity index (χ3n) is 7.56. The Morgan fingerprint density at radius 3 is 2.90 bits per heavy atom. The average molecular weight is 531 g/mol. The molecule has 0 radical (unpaired) electrons. The lowest BCUT2D eigenvalue weighted by Gasteiger charge is -2.20. The number of carbonyl (C=O) groups excluding carboxylic acids is 1. The molecule has 39 heavy (non-hydrogen) atoms. The largest absolute Gasteiger partial charge is 0.381 e. The van der Waals surface area contributed by atoms with Gasteiger partial charge in [0, 0.05) is 38.0 Å². The van der Waals surface area contributed by atoms with Crippen molar-refractivity contribution in [3.05, 3.63) is 77.7 Å². The molecule has 0 spiro atoms. The lowest BCUT2D eigenvalue weighted by atomic mass is 9.94.